The van der Waals surface area contributed by atoms with E-state index in [0.717, 1.165) is 12.2 Å². The van der Waals surface area contributed by atoms with E-state index in [1.165, 1.54) is 0 Å². The molecule has 0 amide bonds. The third-order valence-electron chi connectivity index (χ3n) is 5.05. The maximum atomic E-state index is 9.58. The summed E-state index contributed by atoms with van der Waals surface area (Å²) >= 11 is 9.16. The van der Waals surface area contributed by atoms with E-state index in [1.807, 2.05) is 0 Å². The molecule has 0 aromatic heterocycles. The van der Waals surface area contributed by atoms with Crippen molar-refractivity contribution in [1.29, 1.82) is 0 Å². The van der Waals surface area contributed by atoms with E-state index in [9.17, 15) is 5.11 Å². The Morgan fingerprint density at radius 2 is 1.62 bits per heavy atom. The van der Waals surface area contributed by atoms with Gasteiger partial charge in [0.15, 0.2) is 14.6 Å². The van der Waals surface area contributed by atoms with Gasteiger partial charge in [-0.15, -0.1) is 0 Å². The Kier molecular flexibility index (Phi) is 11.8. The molecule has 3 unspecified atom stereocenters. The highest BCUT2D eigenvalue weighted by Crippen LogP contribution is 2.40. The van der Waals surface area contributed by atoms with Crippen LogP contribution < -0.4 is 0 Å². The van der Waals surface area contributed by atoms with E-state index in [2.05, 4.69) is 46.5 Å². The average molecular weight is 399 g/mol. The Balaban J connectivity index is 5.43. The summed E-state index contributed by atoms with van der Waals surface area (Å²) in [5.74, 6) is 0.896. The number of hydrogen-bond donors (Lipinski definition) is 3. The van der Waals surface area contributed by atoms with Crippen LogP contribution >= 0.6 is 25.3 Å². The summed E-state index contributed by atoms with van der Waals surface area (Å²) in [6.45, 7) is 11.3. The molecule has 3 atom stereocenters. The van der Waals surface area contributed by atoms with E-state index < -0.39 is 8.32 Å². The minimum Gasteiger partial charge on any atom is -0.414 e. The molecule has 7 heteroatoms. The predicted molar refractivity (Wildman–Crippen MR) is 111 cm³/mol. The molecule has 0 spiro atoms. The SMILES string of the molecule is COC(CC(C(S)CCS)C(CCO)O[Si](C)(C)C(C)(C)C)OC. The van der Waals surface area contributed by atoms with Gasteiger partial charge in [0.05, 0.1) is 6.10 Å². The molecule has 0 bridgehead atoms. The molecule has 1 N–H and O–H groups in total. The number of ether oxygens (including phenoxy) is 2. The molecule has 0 saturated heterocycles. The highest BCUT2D eigenvalue weighted by atomic mass is 32.1. The van der Waals surface area contributed by atoms with E-state index in [4.69, 9.17) is 26.5 Å². The number of aliphatic hydroxyl groups is 1. The minimum atomic E-state index is -1.95. The van der Waals surface area contributed by atoms with Crippen molar-refractivity contribution in [3.05, 3.63) is 0 Å². The highest BCUT2D eigenvalue weighted by Gasteiger charge is 2.42. The quantitative estimate of drug-likeness (QED) is 0.264. The van der Waals surface area contributed by atoms with Crippen molar-refractivity contribution in [3.8, 4) is 0 Å². The van der Waals surface area contributed by atoms with Gasteiger partial charge in [-0.25, -0.2) is 0 Å². The zero-order valence-corrected chi connectivity index (χ0v) is 19.2. The predicted octanol–water partition coefficient (Wildman–Crippen LogP) is 4.00. The normalized spacial score (nSPS) is 17.1. The molecule has 0 aromatic rings. The van der Waals surface area contributed by atoms with Crippen molar-refractivity contribution in [2.45, 2.75) is 75.8 Å². The van der Waals surface area contributed by atoms with Crippen LogP contribution in [0.5, 0.6) is 0 Å². The van der Waals surface area contributed by atoms with Crippen LogP contribution in [0.1, 0.15) is 40.0 Å². The molecule has 0 aromatic carbocycles. The van der Waals surface area contributed by atoms with Crippen LogP contribution in [-0.2, 0) is 13.9 Å². The van der Waals surface area contributed by atoms with Crippen LogP contribution in [0.15, 0.2) is 0 Å². The van der Waals surface area contributed by atoms with Gasteiger partial charge in [0, 0.05) is 38.4 Å². The second kappa shape index (κ2) is 11.5. The van der Waals surface area contributed by atoms with Crippen LogP contribution in [0.2, 0.25) is 18.1 Å². The first-order chi connectivity index (χ1) is 11.0. The van der Waals surface area contributed by atoms with Crippen LogP contribution in [0.25, 0.3) is 0 Å². The second-order valence-corrected chi connectivity index (χ2v) is 13.7. The van der Waals surface area contributed by atoms with Gasteiger partial charge >= 0.3 is 0 Å². The van der Waals surface area contributed by atoms with Gasteiger partial charge in [-0.1, -0.05) is 20.8 Å². The largest absolute Gasteiger partial charge is 0.414 e. The molecule has 0 aliphatic heterocycles. The van der Waals surface area contributed by atoms with Gasteiger partial charge < -0.3 is 19.0 Å². The van der Waals surface area contributed by atoms with E-state index in [1.54, 1.807) is 14.2 Å². The lowest BCUT2D eigenvalue weighted by Crippen LogP contribution is -2.48. The fraction of sp³-hybridized carbons (Fsp3) is 1.00. The summed E-state index contributed by atoms with van der Waals surface area (Å²) in [5, 5.41) is 9.81. The molecule has 146 valence electrons. The lowest BCUT2D eigenvalue weighted by atomic mass is 9.91. The van der Waals surface area contributed by atoms with E-state index in [-0.39, 0.29) is 35.2 Å². The van der Waals surface area contributed by atoms with Gasteiger partial charge in [-0.2, -0.15) is 25.3 Å². The van der Waals surface area contributed by atoms with Crippen molar-refractivity contribution >= 4 is 33.6 Å². The lowest BCUT2D eigenvalue weighted by molar-refractivity contribution is -0.121. The van der Waals surface area contributed by atoms with Crippen LogP contribution in [0.4, 0.5) is 0 Å². The Morgan fingerprint density at radius 1 is 1.08 bits per heavy atom. The zero-order chi connectivity index (χ0) is 19.0. The molecule has 0 radical (unpaired) electrons. The first-order valence-corrected chi connectivity index (χ1v) is 12.7. The smallest absolute Gasteiger partial charge is 0.192 e. The molecule has 4 nitrogen and oxygen atoms in total. The Bertz CT molecular complexity index is 333. The van der Waals surface area contributed by atoms with Crippen LogP contribution in [-0.4, -0.2) is 57.6 Å². The first-order valence-electron chi connectivity index (χ1n) is 8.67. The van der Waals surface area contributed by atoms with E-state index in [0.29, 0.717) is 12.8 Å². The maximum Gasteiger partial charge on any atom is 0.192 e. The monoisotopic (exact) mass is 398 g/mol. The number of aliphatic hydroxyl groups excluding tert-OH is 1. The van der Waals surface area contributed by atoms with Crippen LogP contribution in [0, 0.1) is 5.92 Å². The van der Waals surface area contributed by atoms with Gasteiger partial charge in [-0.05, 0) is 36.7 Å². The van der Waals surface area contributed by atoms with Gasteiger partial charge in [0.1, 0.15) is 0 Å². The molecular formula is C17H38O4S2Si. The number of thiol groups is 2. The number of hydrogen-bond acceptors (Lipinski definition) is 6. The number of methoxy groups -OCH3 is 2. The molecule has 0 heterocycles. The fourth-order valence-electron chi connectivity index (χ4n) is 2.46. The standard InChI is InChI=1S/C17H38O4S2Si/c1-17(2,3)24(6,7)21-14(8-10-18)13(15(23)9-11-22)12-16(19-4)20-5/h13-16,18,22-23H,8-12H2,1-7H3. The Labute approximate surface area is 161 Å². The third kappa shape index (κ3) is 7.97. The third-order valence-corrected chi connectivity index (χ3v) is 10.5. The molecule has 0 aliphatic carbocycles. The Morgan fingerprint density at radius 3 is 2.00 bits per heavy atom. The highest BCUT2D eigenvalue weighted by molar-refractivity contribution is 7.81. The van der Waals surface area contributed by atoms with E-state index >= 15 is 0 Å². The van der Waals surface area contributed by atoms with Crippen molar-refractivity contribution < 1.29 is 19.0 Å². The summed E-state index contributed by atoms with van der Waals surface area (Å²) < 4.78 is 17.5. The van der Waals surface area contributed by atoms with Crippen molar-refractivity contribution in [2.75, 3.05) is 26.6 Å². The lowest BCUT2D eigenvalue weighted by Gasteiger charge is -2.43. The van der Waals surface area contributed by atoms with Crippen molar-refractivity contribution in [1.82, 2.24) is 0 Å². The molecule has 0 aliphatic rings. The van der Waals surface area contributed by atoms with Crippen molar-refractivity contribution in [3.63, 3.8) is 0 Å². The fourth-order valence-corrected chi connectivity index (χ4v) is 4.78. The first kappa shape index (κ1) is 24.8. The number of rotatable bonds is 12. The van der Waals surface area contributed by atoms with Gasteiger partial charge in [0.2, 0.25) is 0 Å². The van der Waals surface area contributed by atoms with Crippen LogP contribution in [0.3, 0.4) is 0 Å². The molecule has 24 heavy (non-hydrogen) atoms. The molecule has 0 saturated carbocycles. The van der Waals surface area contributed by atoms with Crippen molar-refractivity contribution in [2.24, 2.45) is 5.92 Å². The molecule has 0 fully saturated rings. The van der Waals surface area contributed by atoms with Gasteiger partial charge in [0.25, 0.3) is 0 Å². The average Bonchev–Trinajstić information content (AvgIpc) is 2.47. The molecule has 0 rings (SSSR count). The summed E-state index contributed by atoms with van der Waals surface area (Å²) in [5.41, 5.74) is 0. The topological polar surface area (TPSA) is 47.9 Å². The minimum absolute atomic E-state index is 0.0638. The second-order valence-electron chi connectivity index (χ2n) is 7.81. The zero-order valence-electron chi connectivity index (χ0n) is 16.4. The summed E-state index contributed by atoms with van der Waals surface area (Å²) in [6.07, 6.45) is 1.80. The molecular weight excluding hydrogens is 360 g/mol. The summed E-state index contributed by atoms with van der Waals surface area (Å²) in [4.78, 5) is 0. The summed E-state index contributed by atoms with van der Waals surface area (Å²) in [7, 11) is 1.34. The summed E-state index contributed by atoms with van der Waals surface area (Å²) in [6, 6.07) is 0. The van der Waals surface area contributed by atoms with Gasteiger partial charge in [-0.3, -0.25) is 0 Å². The Hall–Kier alpha value is 0.757. The maximum absolute atomic E-state index is 9.58.